The van der Waals surface area contributed by atoms with Crippen molar-refractivity contribution in [3.8, 4) is 17.2 Å². The van der Waals surface area contributed by atoms with E-state index in [4.69, 9.17) is 9.15 Å². The third-order valence-corrected chi connectivity index (χ3v) is 4.98. The highest BCUT2D eigenvalue weighted by atomic mass is 32.2. The smallest absolute Gasteiger partial charge is 0.247 e. The molecule has 0 N–H and O–H groups in total. The predicted octanol–water partition coefficient (Wildman–Crippen LogP) is 4.23. The zero-order valence-electron chi connectivity index (χ0n) is 15.7. The number of rotatable bonds is 9. The molecule has 2 heterocycles. The second kappa shape index (κ2) is 9.84. The predicted molar refractivity (Wildman–Crippen MR) is 112 cm³/mol. The van der Waals surface area contributed by atoms with Gasteiger partial charge >= 0.3 is 0 Å². The summed E-state index contributed by atoms with van der Waals surface area (Å²) in [7, 11) is 0. The van der Waals surface area contributed by atoms with E-state index in [9.17, 15) is 0 Å². The molecular formula is C22H19N4O2S. The van der Waals surface area contributed by atoms with Gasteiger partial charge in [0.15, 0.2) is 0 Å². The number of para-hydroxylation sites is 1. The van der Waals surface area contributed by atoms with Gasteiger partial charge < -0.3 is 9.15 Å². The molecule has 0 amide bonds. The second-order valence-electron chi connectivity index (χ2n) is 6.20. The zero-order chi connectivity index (χ0) is 19.7. The van der Waals surface area contributed by atoms with Crippen molar-refractivity contribution in [1.82, 2.24) is 20.2 Å². The number of nitrogens with zero attached hydrogens (tertiary/aromatic N) is 4. The monoisotopic (exact) mass is 403 g/mol. The quantitative estimate of drug-likeness (QED) is 0.387. The van der Waals surface area contributed by atoms with Crippen LogP contribution in [0.5, 0.6) is 5.75 Å². The average molecular weight is 403 g/mol. The maximum atomic E-state index is 5.78. The van der Waals surface area contributed by atoms with Crippen LogP contribution in [0.4, 0.5) is 0 Å². The molecule has 4 aromatic rings. The van der Waals surface area contributed by atoms with Crippen LogP contribution in [0.1, 0.15) is 17.1 Å². The molecule has 0 atom stereocenters. The maximum Gasteiger partial charge on any atom is 0.247 e. The summed E-state index contributed by atoms with van der Waals surface area (Å²) in [6.45, 7) is 0.639. The SMILES string of the molecule is [c]1nccnc1Cc1ccc(-c2nnc(CSCCOc3ccccc3)o2)cc1. The van der Waals surface area contributed by atoms with Crippen molar-refractivity contribution in [2.24, 2.45) is 0 Å². The molecule has 0 aliphatic heterocycles. The van der Waals surface area contributed by atoms with Gasteiger partial charge in [0.05, 0.1) is 18.1 Å². The minimum Gasteiger partial charge on any atom is -0.493 e. The van der Waals surface area contributed by atoms with Crippen LogP contribution in [0, 0.1) is 6.20 Å². The lowest BCUT2D eigenvalue weighted by atomic mass is 10.1. The largest absolute Gasteiger partial charge is 0.493 e. The lowest BCUT2D eigenvalue weighted by Gasteiger charge is -2.04. The van der Waals surface area contributed by atoms with E-state index in [0.29, 0.717) is 30.6 Å². The van der Waals surface area contributed by atoms with Crippen LogP contribution in [-0.2, 0) is 12.2 Å². The van der Waals surface area contributed by atoms with Gasteiger partial charge in [-0.1, -0.05) is 30.3 Å². The summed E-state index contributed by atoms with van der Waals surface area (Å²) in [4.78, 5) is 8.22. The molecule has 1 radical (unpaired) electrons. The molecule has 6 nitrogen and oxygen atoms in total. The number of ether oxygens (including phenoxy) is 1. The van der Waals surface area contributed by atoms with E-state index >= 15 is 0 Å². The maximum absolute atomic E-state index is 5.78. The van der Waals surface area contributed by atoms with E-state index in [-0.39, 0.29) is 0 Å². The number of hydrogen-bond donors (Lipinski definition) is 0. The van der Waals surface area contributed by atoms with Gasteiger partial charge in [0.2, 0.25) is 11.8 Å². The first kappa shape index (κ1) is 19.1. The molecule has 0 aliphatic rings. The Hall–Kier alpha value is -3.19. The summed E-state index contributed by atoms with van der Waals surface area (Å²) in [5.74, 6) is 3.53. The Morgan fingerprint density at radius 1 is 0.966 bits per heavy atom. The van der Waals surface area contributed by atoms with Gasteiger partial charge in [0.25, 0.3) is 0 Å². The molecule has 4 rings (SSSR count). The highest BCUT2D eigenvalue weighted by Gasteiger charge is 2.09. The number of hydrogen-bond acceptors (Lipinski definition) is 7. The second-order valence-corrected chi connectivity index (χ2v) is 7.31. The standard InChI is InChI=1S/C22H19N4O2S/c1-2-4-20(5-3-1)27-12-13-29-16-21-25-26-22(28-21)18-8-6-17(7-9-18)14-19-15-23-10-11-24-19/h1-11H,12-14,16H2. The van der Waals surface area contributed by atoms with E-state index in [0.717, 1.165) is 28.3 Å². The summed E-state index contributed by atoms with van der Waals surface area (Å²) >= 11 is 1.70. The molecule has 2 aromatic carbocycles. The summed E-state index contributed by atoms with van der Waals surface area (Å²) in [5.41, 5.74) is 2.83. The van der Waals surface area contributed by atoms with Crippen molar-refractivity contribution in [3.05, 3.63) is 90.3 Å². The summed E-state index contributed by atoms with van der Waals surface area (Å²) < 4.78 is 11.5. The summed E-state index contributed by atoms with van der Waals surface area (Å²) in [5, 5.41) is 8.29. The summed E-state index contributed by atoms with van der Waals surface area (Å²) in [6, 6.07) is 17.8. The fourth-order valence-electron chi connectivity index (χ4n) is 2.66. The van der Waals surface area contributed by atoms with Gasteiger partial charge in [-0.3, -0.25) is 9.97 Å². The van der Waals surface area contributed by atoms with Crippen LogP contribution in [0.25, 0.3) is 11.5 Å². The summed E-state index contributed by atoms with van der Waals surface area (Å²) in [6.07, 6.45) is 6.87. The van der Waals surface area contributed by atoms with Crippen LogP contribution in [-0.4, -0.2) is 32.5 Å². The Labute approximate surface area is 173 Å². The molecule has 0 unspecified atom stereocenters. The van der Waals surface area contributed by atoms with Gasteiger partial charge in [-0.15, -0.1) is 22.0 Å². The molecule has 0 fully saturated rings. The van der Waals surface area contributed by atoms with E-state index in [1.54, 1.807) is 24.2 Å². The molecular weight excluding hydrogens is 384 g/mol. The van der Waals surface area contributed by atoms with Crippen molar-refractivity contribution < 1.29 is 9.15 Å². The third-order valence-electron chi connectivity index (χ3n) is 4.07. The molecule has 0 spiro atoms. The van der Waals surface area contributed by atoms with Crippen LogP contribution < -0.4 is 4.74 Å². The number of benzene rings is 2. The fraction of sp³-hybridized carbons (Fsp3) is 0.182. The number of thioether (sulfide) groups is 1. The topological polar surface area (TPSA) is 73.9 Å². The van der Waals surface area contributed by atoms with Gasteiger partial charge in [0, 0.05) is 30.1 Å². The molecule has 29 heavy (non-hydrogen) atoms. The highest BCUT2D eigenvalue weighted by Crippen LogP contribution is 2.21. The fourth-order valence-corrected chi connectivity index (χ4v) is 3.30. The minimum atomic E-state index is 0.527. The molecule has 2 aromatic heterocycles. The molecule has 7 heteroatoms. The van der Waals surface area contributed by atoms with Gasteiger partial charge in [-0.2, -0.15) is 0 Å². The lowest BCUT2D eigenvalue weighted by Crippen LogP contribution is -2.00. The van der Waals surface area contributed by atoms with Gasteiger partial charge in [-0.05, 0) is 29.8 Å². The molecule has 0 bridgehead atoms. The Morgan fingerprint density at radius 2 is 1.83 bits per heavy atom. The Morgan fingerprint density at radius 3 is 2.62 bits per heavy atom. The zero-order valence-corrected chi connectivity index (χ0v) is 16.5. The number of aromatic nitrogens is 4. The molecule has 0 saturated heterocycles. The highest BCUT2D eigenvalue weighted by molar-refractivity contribution is 7.98. The van der Waals surface area contributed by atoms with Crippen molar-refractivity contribution in [1.29, 1.82) is 0 Å². The lowest BCUT2D eigenvalue weighted by molar-refractivity contribution is 0.344. The van der Waals surface area contributed by atoms with Crippen LogP contribution in [0.3, 0.4) is 0 Å². The molecule has 145 valence electrons. The van der Waals surface area contributed by atoms with E-state index < -0.39 is 0 Å². The van der Waals surface area contributed by atoms with E-state index in [1.165, 1.54) is 0 Å². The third kappa shape index (κ3) is 5.65. The first-order chi connectivity index (χ1) is 14.4. The van der Waals surface area contributed by atoms with Crippen LogP contribution >= 0.6 is 11.8 Å². The van der Waals surface area contributed by atoms with Crippen molar-refractivity contribution >= 4 is 11.8 Å². The van der Waals surface area contributed by atoms with Crippen molar-refractivity contribution in [2.45, 2.75) is 12.2 Å². The van der Waals surface area contributed by atoms with E-state index in [1.807, 2.05) is 54.6 Å². The first-order valence-corrected chi connectivity index (χ1v) is 10.4. The molecule has 0 aliphatic carbocycles. The van der Waals surface area contributed by atoms with E-state index in [2.05, 4.69) is 26.4 Å². The minimum absolute atomic E-state index is 0.527. The molecule has 0 saturated carbocycles. The average Bonchev–Trinajstić information content (AvgIpc) is 3.24. The Balaban J connectivity index is 1.25. The van der Waals surface area contributed by atoms with Crippen molar-refractivity contribution in [3.63, 3.8) is 0 Å². The van der Waals surface area contributed by atoms with Crippen LogP contribution in [0.15, 0.2) is 71.4 Å². The first-order valence-electron chi connectivity index (χ1n) is 9.22. The Bertz CT molecular complexity index is 1010. The van der Waals surface area contributed by atoms with Crippen molar-refractivity contribution in [2.75, 3.05) is 12.4 Å². The van der Waals surface area contributed by atoms with Gasteiger partial charge in [-0.25, -0.2) is 0 Å². The van der Waals surface area contributed by atoms with Crippen LogP contribution in [0.2, 0.25) is 0 Å². The van der Waals surface area contributed by atoms with Gasteiger partial charge in [0.1, 0.15) is 11.9 Å². The Kier molecular flexibility index (Phi) is 6.49. The normalized spacial score (nSPS) is 10.8.